The second-order valence-corrected chi connectivity index (χ2v) is 5.08. The zero-order valence-electron chi connectivity index (χ0n) is 12.3. The Morgan fingerprint density at radius 3 is 2.67 bits per heavy atom. The molecule has 0 unspecified atom stereocenters. The first kappa shape index (κ1) is 17.6. The third-order valence-corrected chi connectivity index (χ3v) is 3.10. The highest BCUT2D eigenvalue weighted by Gasteiger charge is 2.07. The van der Waals surface area contributed by atoms with Crippen molar-refractivity contribution in [2.24, 2.45) is 0 Å². The van der Waals surface area contributed by atoms with Crippen molar-refractivity contribution in [1.29, 1.82) is 0 Å². The van der Waals surface area contributed by atoms with Crippen LogP contribution >= 0.6 is 11.6 Å². The van der Waals surface area contributed by atoms with E-state index in [1.807, 2.05) is 0 Å². The third kappa shape index (κ3) is 5.48. The number of anilines is 1. The lowest BCUT2D eigenvalue weighted by molar-refractivity contribution is -0.142. The van der Waals surface area contributed by atoms with Crippen LogP contribution in [0.4, 0.5) is 14.5 Å². The highest BCUT2D eigenvalue weighted by Crippen LogP contribution is 2.19. The summed E-state index contributed by atoms with van der Waals surface area (Å²) < 4.78 is 30.7. The molecule has 4 nitrogen and oxygen atoms in total. The summed E-state index contributed by atoms with van der Waals surface area (Å²) in [7, 11) is 0. The first-order valence-corrected chi connectivity index (χ1v) is 7.17. The fourth-order valence-electron chi connectivity index (χ4n) is 1.73. The zero-order chi connectivity index (χ0) is 17.5. The van der Waals surface area contributed by atoms with E-state index in [1.54, 1.807) is 6.07 Å². The maximum Gasteiger partial charge on any atom is 0.331 e. The number of hydrogen-bond acceptors (Lipinski definition) is 3. The van der Waals surface area contributed by atoms with Crippen molar-refractivity contribution in [2.75, 3.05) is 11.9 Å². The molecule has 24 heavy (non-hydrogen) atoms. The molecule has 0 aliphatic rings. The molecule has 0 bridgehead atoms. The second kappa shape index (κ2) is 8.21. The summed E-state index contributed by atoms with van der Waals surface area (Å²) in [6.45, 7) is -0.526. The normalized spacial score (nSPS) is 10.6. The topological polar surface area (TPSA) is 55.4 Å². The monoisotopic (exact) mass is 351 g/mol. The van der Waals surface area contributed by atoms with Crippen LogP contribution in [0.5, 0.6) is 0 Å². The van der Waals surface area contributed by atoms with E-state index in [4.69, 9.17) is 16.3 Å². The molecule has 0 aromatic heterocycles. The summed E-state index contributed by atoms with van der Waals surface area (Å²) in [5.41, 5.74) is 0.759. The Morgan fingerprint density at radius 2 is 1.96 bits per heavy atom. The molecule has 1 N–H and O–H groups in total. The largest absolute Gasteiger partial charge is 0.452 e. The van der Waals surface area contributed by atoms with E-state index in [0.29, 0.717) is 5.56 Å². The predicted octanol–water partition coefficient (Wildman–Crippen LogP) is 3.81. The molecule has 0 saturated heterocycles. The molecule has 0 saturated carbocycles. The lowest BCUT2D eigenvalue weighted by Crippen LogP contribution is -2.20. The van der Waals surface area contributed by atoms with Crippen LogP contribution in [0.1, 0.15) is 5.56 Å². The Balaban J connectivity index is 1.82. The fourth-order valence-corrected chi connectivity index (χ4v) is 1.91. The molecule has 0 aliphatic heterocycles. The van der Waals surface area contributed by atoms with Crippen molar-refractivity contribution in [3.8, 4) is 0 Å². The van der Waals surface area contributed by atoms with Gasteiger partial charge in [-0.3, -0.25) is 4.79 Å². The summed E-state index contributed by atoms with van der Waals surface area (Å²) in [5.74, 6) is -2.40. The minimum atomic E-state index is -0.758. The number of ether oxygens (including phenoxy) is 1. The van der Waals surface area contributed by atoms with Gasteiger partial charge < -0.3 is 10.1 Å². The SMILES string of the molecule is O=C(COC(=O)/C=C/c1cccc(F)c1)Nc1ccc(F)c(Cl)c1. The third-order valence-electron chi connectivity index (χ3n) is 2.81. The lowest BCUT2D eigenvalue weighted by atomic mass is 10.2. The van der Waals surface area contributed by atoms with Crippen LogP contribution in [-0.2, 0) is 14.3 Å². The van der Waals surface area contributed by atoms with Gasteiger partial charge in [0.05, 0.1) is 5.02 Å². The second-order valence-electron chi connectivity index (χ2n) is 4.67. The van der Waals surface area contributed by atoms with Gasteiger partial charge in [-0.2, -0.15) is 0 Å². The van der Waals surface area contributed by atoms with Crippen molar-refractivity contribution >= 4 is 35.2 Å². The molecule has 2 rings (SSSR count). The Labute approximate surface area is 141 Å². The van der Waals surface area contributed by atoms with Gasteiger partial charge in [0.1, 0.15) is 11.6 Å². The number of carbonyl (C=O) groups is 2. The molecule has 1 amide bonds. The molecule has 0 atom stereocenters. The standard InChI is InChI=1S/C17H12ClF2NO3/c18-14-9-13(5-6-15(14)20)21-16(22)10-24-17(23)7-4-11-2-1-3-12(19)8-11/h1-9H,10H2,(H,21,22)/b7-4+. The van der Waals surface area contributed by atoms with Gasteiger partial charge in [0.25, 0.3) is 5.91 Å². The van der Waals surface area contributed by atoms with Gasteiger partial charge in [0, 0.05) is 11.8 Å². The molecule has 0 aliphatic carbocycles. The summed E-state index contributed by atoms with van der Waals surface area (Å²) in [6, 6.07) is 9.30. The summed E-state index contributed by atoms with van der Waals surface area (Å²) in [4.78, 5) is 23.1. The highest BCUT2D eigenvalue weighted by atomic mass is 35.5. The molecule has 2 aromatic carbocycles. The molecule has 2 aromatic rings. The van der Waals surface area contributed by atoms with Crippen LogP contribution < -0.4 is 5.32 Å². The molecular weight excluding hydrogens is 340 g/mol. The van der Waals surface area contributed by atoms with Crippen molar-refractivity contribution in [3.63, 3.8) is 0 Å². The van der Waals surface area contributed by atoms with Crippen molar-refractivity contribution in [1.82, 2.24) is 0 Å². The maximum atomic E-state index is 13.0. The molecule has 124 valence electrons. The Bertz CT molecular complexity index is 793. The number of amides is 1. The lowest BCUT2D eigenvalue weighted by Gasteiger charge is -2.06. The molecule has 7 heteroatoms. The summed E-state index contributed by atoms with van der Waals surface area (Å²) in [5, 5.41) is 2.27. The molecular formula is C17H12ClF2NO3. The van der Waals surface area contributed by atoms with E-state index >= 15 is 0 Å². The van der Waals surface area contributed by atoms with E-state index in [1.165, 1.54) is 36.4 Å². The minimum Gasteiger partial charge on any atom is -0.452 e. The number of rotatable bonds is 5. The molecule has 0 heterocycles. The van der Waals surface area contributed by atoms with Crippen LogP contribution in [0.15, 0.2) is 48.5 Å². The van der Waals surface area contributed by atoms with E-state index in [9.17, 15) is 18.4 Å². The molecule has 0 fully saturated rings. The number of nitrogens with one attached hydrogen (secondary N) is 1. The highest BCUT2D eigenvalue weighted by molar-refractivity contribution is 6.31. The maximum absolute atomic E-state index is 13.0. The number of esters is 1. The average molecular weight is 352 g/mol. The van der Waals surface area contributed by atoms with Crippen LogP contribution in [0, 0.1) is 11.6 Å². The van der Waals surface area contributed by atoms with Gasteiger partial charge >= 0.3 is 5.97 Å². The Morgan fingerprint density at radius 1 is 1.17 bits per heavy atom. The van der Waals surface area contributed by atoms with Gasteiger partial charge in [-0.05, 0) is 42.0 Å². The van der Waals surface area contributed by atoms with Crippen LogP contribution in [0.3, 0.4) is 0 Å². The quantitative estimate of drug-likeness (QED) is 0.658. The molecule has 0 spiro atoms. The average Bonchev–Trinajstić information content (AvgIpc) is 2.54. The van der Waals surface area contributed by atoms with E-state index in [2.05, 4.69) is 5.32 Å². The number of hydrogen-bond donors (Lipinski definition) is 1. The van der Waals surface area contributed by atoms with E-state index < -0.39 is 30.1 Å². The Hall–Kier alpha value is -2.73. The first-order chi connectivity index (χ1) is 11.4. The van der Waals surface area contributed by atoms with Crippen LogP contribution in [0.2, 0.25) is 5.02 Å². The number of benzene rings is 2. The predicted molar refractivity (Wildman–Crippen MR) is 86.4 cm³/mol. The van der Waals surface area contributed by atoms with Gasteiger partial charge in [-0.25, -0.2) is 13.6 Å². The van der Waals surface area contributed by atoms with Gasteiger partial charge in [-0.15, -0.1) is 0 Å². The number of carbonyl (C=O) groups excluding carboxylic acids is 2. The van der Waals surface area contributed by atoms with Crippen LogP contribution in [0.25, 0.3) is 6.08 Å². The van der Waals surface area contributed by atoms with Crippen molar-refractivity contribution < 1.29 is 23.1 Å². The van der Waals surface area contributed by atoms with Crippen molar-refractivity contribution in [2.45, 2.75) is 0 Å². The minimum absolute atomic E-state index is 0.136. The van der Waals surface area contributed by atoms with Gasteiger partial charge in [0.2, 0.25) is 0 Å². The first-order valence-electron chi connectivity index (χ1n) is 6.79. The van der Waals surface area contributed by atoms with Crippen molar-refractivity contribution in [3.05, 3.63) is 70.8 Å². The van der Waals surface area contributed by atoms with E-state index in [-0.39, 0.29) is 10.7 Å². The van der Waals surface area contributed by atoms with Gasteiger partial charge in [0.15, 0.2) is 6.61 Å². The number of halogens is 3. The smallest absolute Gasteiger partial charge is 0.331 e. The van der Waals surface area contributed by atoms with Crippen LogP contribution in [-0.4, -0.2) is 18.5 Å². The Kier molecular flexibility index (Phi) is 6.03. The van der Waals surface area contributed by atoms with E-state index in [0.717, 1.165) is 12.1 Å². The van der Waals surface area contributed by atoms with Gasteiger partial charge in [-0.1, -0.05) is 23.7 Å². The summed E-state index contributed by atoms with van der Waals surface area (Å²) in [6.07, 6.45) is 2.44. The molecule has 0 radical (unpaired) electrons. The summed E-state index contributed by atoms with van der Waals surface area (Å²) >= 11 is 5.59. The zero-order valence-corrected chi connectivity index (χ0v) is 13.0. The fraction of sp³-hybridized carbons (Fsp3) is 0.0588.